The summed E-state index contributed by atoms with van der Waals surface area (Å²) >= 11 is 11.8. The van der Waals surface area contributed by atoms with Crippen LogP contribution in [0.1, 0.15) is 40.3 Å². The van der Waals surface area contributed by atoms with Crippen molar-refractivity contribution in [3.63, 3.8) is 0 Å². The Labute approximate surface area is 154 Å². The van der Waals surface area contributed by atoms with Gasteiger partial charge in [-0.25, -0.2) is 4.39 Å². The fourth-order valence-corrected chi connectivity index (χ4v) is 3.17. The highest BCUT2D eigenvalue weighted by molar-refractivity contribution is 6.35. The molecule has 1 aromatic heterocycles. The van der Waals surface area contributed by atoms with E-state index < -0.39 is 11.9 Å². The SMILES string of the molecule is CC(NC(=O)c1n[nH]c2c1CNCC2)c1cc(F)c(Cl)cc1Cl.Cl. The molecule has 0 aliphatic carbocycles. The predicted molar refractivity (Wildman–Crippen MR) is 93.5 cm³/mol. The van der Waals surface area contributed by atoms with E-state index in [2.05, 4.69) is 20.8 Å². The van der Waals surface area contributed by atoms with Crippen molar-refractivity contribution in [2.75, 3.05) is 6.54 Å². The molecule has 1 unspecified atom stereocenters. The van der Waals surface area contributed by atoms with E-state index in [1.54, 1.807) is 6.92 Å². The van der Waals surface area contributed by atoms with Gasteiger partial charge in [0, 0.05) is 35.8 Å². The lowest BCUT2D eigenvalue weighted by atomic mass is 10.1. The first-order valence-corrected chi connectivity index (χ1v) is 7.95. The van der Waals surface area contributed by atoms with Crippen LogP contribution in [-0.4, -0.2) is 22.6 Å². The Morgan fingerprint density at radius 1 is 1.38 bits per heavy atom. The van der Waals surface area contributed by atoms with Gasteiger partial charge in [-0.1, -0.05) is 23.2 Å². The Kier molecular flexibility index (Phi) is 6.09. The number of fused-ring (bicyclic) bond motifs is 1. The van der Waals surface area contributed by atoms with Gasteiger partial charge in [0.1, 0.15) is 5.82 Å². The molecule has 3 rings (SSSR count). The monoisotopic (exact) mass is 392 g/mol. The molecule has 24 heavy (non-hydrogen) atoms. The van der Waals surface area contributed by atoms with Crippen molar-refractivity contribution in [3.05, 3.63) is 50.5 Å². The normalized spacial score (nSPS) is 14.5. The number of aromatic nitrogens is 2. The lowest BCUT2D eigenvalue weighted by Gasteiger charge is -2.17. The molecule has 0 bridgehead atoms. The topological polar surface area (TPSA) is 69.8 Å². The smallest absolute Gasteiger partial charge is 0.272 e. The number of aromatic amines is 1. The summed E-state index contributed by atoms with van der Waals surface area (Å²) < 4.78 is 13.6. The average molecular weight is 394 g/mol. The summed E-state index contributed by atoms with van der Waals surface area (Å²) in [6, 6.07) is 2.08. The molecule has 0 saturated carbocycles. The zero-order chi connectivity index (χ0) is 16.6. The molecule has 1 amide bonds. The maximum atomic E-state index is 13.6. The summed E-state index contributed by atoms with van der Waals surface area (Å²) in [5.41, 5.74) is 2.65. The Morgan fingerprint density at radius 2 is 2.12 bits per heavy atom. The van der Waals surface area contributed by atoms with E-state index in [-0.39, 0.29) is 23.3 Å². The van der Waals surface area contributed by atoms with Crippen molar-refractivity contribution in [1.29, 1.82) is 0 Å². The van der Waals surface area contributed by atoms with E-state index in [4.69, 9.17) is 23.2 Å². The number of carbonyl (C=O) groups is 1. The van der Waals surface area contributed by atoms with Crippen LogP contribution in [0.5, 0.6) is 0 Å². The average Bonchev–Trinajstić information content (AvgIpc) is 2.94. The Balaban J connectivity index is 0.00000208. The quantitative estimate of drug-likeness (QED) is 0.700. The number of hydrogen-bond acceptors (Lipinski definition) is 3. The molecule has 9 heteroatoms. The fourth-order valence-electron chi connectivity index (χ4n) is 2.63. The number of halogens is 4. The highest BCUT2D eigenvalue weighted by atomic mass is 35.5. The Bertz CT molecular complexity index is 765. The van der Waals surface area contributed by atoms with Crippen molar-refractivity contribution in [3.8, 4) is 0 Å². The van der Waals surface area contributed by atoms with Crippen LogP contribution in [0.3, 0.4) is 0 Å². The van der Waals surface area contributed by atoms with Gasteiger partial charge in [0.2, 0.25) is 0 Å². The number of nitrogens with zero attached hydrogens (tertiary/aromatic N) is 1. The van der Waals surface area contributed by atoms with E-state index in [0.29, 0.717) is 22.8 Å². The van der Waals surface area contributed by atoms with Gasteiger partial charge < -0.3 is 10.6 Å². The third-order valence-electron chi connectivity index (χ3n) is 3.88. The van der Waals surface area contributed by atoms with Gasteiger partial charge in [-0.15, -0.1) is 12.4 Å². The van der Waals surface area contributed by atoms with Crippen LogP contribution < -0.4 is 10.6 Å². The van der Waals surface area contributed by atoms with Crippen molar-refractivity contribution in [2.24, 2.45) is 0 Å². The van der Waals surface area contributed by atoms with Crippen LogP contribution in [0.15, 0.2) is 12.1 Å². The van der Waals surface area contributed by atoms with Crippen LogP contribution in [-0.2, 0) is 13.0 Å². The first kappa shape index (κ1) is 19.0. The molecule has 1 aromatic carbocycles. The maximum absolute atomic E-state index is 13.6. The predicted octanol–water partition coefficient (Wildman–Crippen LogP) is 3.41. The van der Waals surface area contributed by atoms with Crippen LogP contribution in [0.4, 0.5) is 4.39 Å². The molecular formula is C15H16Cl3FN4O. The third-order valence-corrected chi connectivity index (χ3v) is 4.49. The second-order valence-corrected chi connectivity index (χ2v) is 6.25. The summed E-state index contributed by atoms with van der Waals surface area (Å²) in [6.45, 7) is 3.18. The summed E-state index contributed by atoms with van der Waals surface area (Å²) in [6.07, 6.45) is 0.805. The number of nitrogens with one attached hydrogen (secondary N) is 3. The van der Waals surface area contributed by atoms with Gasteiger partial charge in [0.25, 0.3) is 5.91 Å². The Hall–Kier alpha value is -1.34. The second kappa shape index (κ2) is 7.70. The third kappa shape index (κ3) is 3.67. The van der Waals surface area contributed by atoms with Gasteiger partial charge >= 0.3 is 0 Å². The molecule has 0 fully saturated rings. The molecule has 1 aliphatic rings. The molecule has 3 N–H and O–H groups in total. The van der Waals surface area contributed by atoms with Crippen molar-refractivity contribution < 1.29 is 9.18 Å². The van der Waals surface area contributed by atoms with E-state index in [0.717, 1.165) is 24.2 Å². The number of carbonyl (C=O) groups excluding carboxylic acids is 1. The minimum absolute atomic E-state index is 0. The highest BCUT2D eigenvalue weighted by Crippen LogP contribution is 2.29. The van der Waals surface area contributed by atoms with Crippen LogP contribution in [0.2, 0.25) is 10.0 Å². The molecule has 2 aromatic rings. The molecule has 0 spiro atoms. The minimum Gasteiger partial charge on any atom is -0.344 e. The first-order valence-electron chi connectivity index (χ1n) is 7.19. The summed E-state index contributed by atoms with van der Waals surface area (Å²) in [5, 5.41) is 13.2. The van der Waals surface area contributed by atoms with Crippen molar-refractivity contribution in [1.82, 2.24) is 20.8 Å². The van der Waals surface area contributed by atoms with Crippen LogP contribution in [0.25, 0.3) is 0 Å². The van der Waals surface area contributed by atoms with Crippen molar-refractivity contribution >= 4 is 41.5 Å². The highest BCUT2D eigenvalue weighted by Gasteiger charge is 2.23. The van der Waals surface area contributed by atoms with Crippen molar-refractivity contribution in [2.45, 2.75) is 25.9 Å². The van der Waals surface area contributed by atoms with Gasteiger partial charge in [0.15, 0.2) is 5.69 Å². The standard InChI is InChI=1S/C15H15Cl2FN4O.ClH/c1-7(8-4-12(18)11(17)5-10(8)16)20-15(23)14-9-6-19-3-2-13(9)21-22-14;/h4-5,7,19H,2-3,6H2,1H3,(H,20,23)(H,21,22);1H. The van der Waals surface area contributed by atoms with E-state index in [1.807, 2.05) is 0 Å². The lowest BCUT2D eigenvalue weighted by Crippen LogP contribution is -2.30. The molecule has 1 atom stereocenters. The second-order valence-electron chi connectivity index (χ2n) is 5.44. The summed E-state index contributed by atoms with van der Waals surface area (Å²) in [5.74, 6) is -0.904. The van der Waals surface area contributed by atoms with Gasteiger partial charge in [-0.2, -0.15) is 5.10 Å². The zero-order valence-corrected chi connectivity index (χ0v) is 15.1. The van der Waals surface area contributed by atoms with E-state index >= 15 is 0 Å². The van der Waals surface area contributed by atoms with Crippen LogP contribution in [0, 0.1) is 5.82 Å². The lowest BCUT2D eigenvalue weighted by molar-refractivity contribution is 0.0933. The fraction of sp³-hybridized carbons (Fsp3) is 0.333. The number of rotatable bonds is 3. The van der Waals surface area contributed by atoms with Crippen LogP contribution >= 0.6 is 35.6 Å². The zero-order valence-electron chi connectivity index (χ0n) is 12.8. The molecule has 2 heterocycles. The van der Waals surface area contributed by atoms with Gasteiger partial charge in [-0.3, -0.25) is 9.89 Å². The van der Waals surface area contributed by atoms with E-state index in [9.17, 15) is 9.18 Å². The number of hydrogen-bond donors (Lipinski definition) is 3. The van der Waals surface area contributed by atoms with Gasteiger partial charge in [-0.05, 0) is 24.6 Å². The molecular weight excluding hydrogens is 378 g/mol. The number of H-pyrrole nitrogens is 1. The molecule has 1 aliphatic heterocycles. The maximum Gasteiger partial charge on any atom is 0.272 e. The molecule has 130 valence electrons. The van der Waals surface area contributed by atoms with Gasteiger partial charge in [0.05, 0.1) is 11.1 Å². The molecule has 0 saturated heterocycles. The van der Waals surface area contributed by atoms with E-state index in [1.165, 1.54) is 12.1 Å². The Morgan fingerprint density at radius 3 is 2.88 bits per heavy atom. The molecule has 5 nitrogen and oxygen atoms in total. The number of benzene rings is 1. The summed E-state index contributed by atoms with van der Waals surface area (Å²) in [4.78, 5) is 12.4. The number of amides is 1. The molecule has 0 radical (unpaired) electrons. The first-order chi connectivity index (χ1) is 11.0. The summed E-state index contributed by atoms with van der Waals surface area (Å²) in [7, 11) is 0. The largest absolute Gasteiger partial charge is 0.344 e. The minimum atomic E-state index is -0.575.